The molecule has 0 saturated carbocycles. The molecule has 0 aromatic heterocycles. The maximum atomic E-state index is 14.2. The number of rotatable bonds is 31. The highest BCUT2D eigenvalue weighted by Gasteiger charge is 2.54. The molecule has 5 aromatic rings. The minimum absolute atomic E-state index is 0.00197. The number of fused-ring (bicyclic) bond motifs is 6. The molecule has 27 heteroatoms. The lowest BCUT2D eigenvalue weighted by atomic mass is 9.77. The first kappa shape index (κ1) is 67.5. The average Bonchev–Trinajstić information content (AvgIpc) is 1.63. The fraction of sp³-hybridized carbons (Fsp3) is 0.328. The van der Waals surface area contributed by atoms with Gasteiger partial charge in [-0.3, -0.25) is 52.7 Å². The Morgan fingerprint density at radius 1 is 0.516 bits per heavy atom. The Bertz CT molecular complexity index is 3640. The minimum Gasteiger partial charge on any atom is -0.481 e. The van der Waals surface area contributed by atoms with Crippen LogP contribution >= 0.6 is 0 Å². The van der Waals surface area contributed by atoms with Crippen LogP contribution in [-0.4, -0.2) is 135 Å². The lowest BCUT2D eigenvalue weighted by Crippen LogP contribution is -2.59. The molecule has 2 aliphatic heterocycles. The Balaban J connectivity index is 1.00. The number of hydrogen-bond acceptors (Lipinski definition) is 16. The molecule has 8 atom stereocenters. The van der Waals surface area contributed by atoms with Crippen LogP contribution in [0.15, 0.2) is 121 Å². The van der Waals surface area contributed by atoms with E-state index < -0.39 is 176 Å². The molecule has 0 fully saturated rings. The first-order valence-electron chi connectivity index (χ1n) is 29.0. The van der Waals surface area contributed by atoms with E-state index in [1.807, 2.05) is 0 Å². The van der Waals surface area contributed by atoms with Gasteiger partial charge in [0.25, 0.3) is 5.91 Å². The SMILES string of the molecule is CC(C)C(NC(=O)[C@H](CCC(=O)O)NC(=O)c1ccc2c(c1)C(=O)OC21c2ccccc2Oc2cc(N)ccc21)C(=O)NC(CC(N)=O)C(=O)N[C@@H](Cc1ccccc1)C(=O)CCC(=O)N[C@@H](C)C(=O)NC(CCC(=O)O)C(=O)N[C@@H](Cc1ccccc1)C(=O)O. The lowest BCUT2D eigenvalue weighted by Gasteiger charge is -2.36. The number of aliphatic carboxylic acids is 3. The number of carbonyl (C=O) groups excluding carboxylic acids is 10. The molecule has 0 radical (unpaired) electrons. The maximum Gasteiger partial charge on any atom is 0.340 e. The summed E-state index contributed by atoms with van der Waals surface area (Å²) < 4.78 is 12.3. The van der Waals surface area contributed by atoms with Crippen molar-refractivity contribution in [3.05, 3.63) is 160 Å². The number of carboxylic acids is 3. The van der Waals surface area contributed by atoms with Crippen molar-refractivity contribution in [3.63, 3.8) is 0 Å². The summed E-state index contributed by atoms with van der Waals surface area (Å²) in [6.45, 7) is 4.27. The average molecular weight is 1250 g/mol. The number of benzene rings is 5. The number of carbonyl (C=O) groups is 13. The lowest BCUT2D eigenvalue weighted by molar-refractivity contribution is -0.143. The summed E-state index contributed by atoms with van der Waals surface area (Å²) >= 11 is 0. The zero-order valence-electron chi connectivity index (χ0n) is 49.6. The summed E-state index contributed by atoms with van der Waals surface area (Å²) in [4.78, 5) is 172. The Kier molecular flexibility index (Phi) is 22.5. The predicted octanol–water partition coefficient (Wildman–Crippen LogP) is 2.04. The third kappa shape index (κ3) is 17.4. The van der Waals surface area contributed by atoms with E-state index in [-0.39, 0.29) is 24.0 Å². The van der Waals surface area contributed by atoms with Crippen molar-refractivity contribution in [2.45, 2.75) is 126 Å². The summed E-state index contributed by atoms with van der Waals surface area (Å²) in [5, 5.41) is 45.8. The number of nitrogens with one attached hydrogen (secondary N) is 7. The molecule has 27 nitrogen and oxygen atoms in total. The minimum atomic E-state index is -1.79. The van der Waals surface area contributed by atoms with Crippen molar-refractivity contribution in [2.24, 2.45) is 11.7 Å². The Hall–Kier alpha value is -11.0. The second kappa shape index (κ2) is 30.3. The van der Waals surface area contributed by atoms with Gasteiger partial charge in [-0.1, -0.05) is 98.8 Å². The molecule has 1 spiro atoms. The smallest absolute Gasteiger partial charge is 0.340 e. The van der Waals surface area contributed by atoms with Crippen molar-refractivity contribution in [2.75, 3.05) is 5.73 Å². The van der Waals surface area contributed by atoms with E-state index in [4.69, 9.17) is 20.9 Å². The van der Waals surface area contributed by atoms with Crippen molar-refractivity contribution in [3.8, 4) is 11.5 Å². The molecule has 0 bridgehead atoms. The molecule has 478 valence electrons. The number of para-hydroxylation sites is 1. The fourth-order valence-electron chi connectivity index (χ4n) is 10.4. The fourth-order valence-corrected chi connectivity index (χ4v) is 10.4. The quantitative estimate of drug-likeness (QED) is 0.0223. The molecule has 0 aliphatic carbocycles. The summed E-state index contributed by atoms with van der Waals surface area (Å²) in [6.07, 6.45) is -4.42. The van der Waals surface area contributed by atoms with Gasteiger partial charge in [-0.05, 0) is 73.6 Å². The van der Waals surface area contributed by atoms with Crippen LogP contribution in [0.5, 0.6) is 11.5 Å². The van der Waals surface area contributed by atoms with Crippen LogP contribution in [0.3, 0.4) is 0 Å². The van der Waals surface area contributed by atoms with Gasteiger partial charge in [0, 0.05) is 66.1 Å². The van der Waals surface area contributed by atoms with Gasteiger partial charge >= 0.3 is 23.9 Å². The van der Waals surface area contributed by atoms with E-state index in [1.165, 1.54) is 39.0 Å². The molecule has 2 aliphatic rings. The van der Waals surface area contributed by atoms with Crippen molar-refractivity contribution in [1.29, 1.82) is 0 Å². The number of ether oxygens (including phenoxy) is 2. The highest BCUT2D eigenvalue weighted by Crippen LogP contribution is 2.56. The number of ketones is 1. The monoisotopic (exact) mass is 1250 g/mol. The van der Waals surface area contributed by atoms with E-state index >= 15 is 0 Å². The molecule has 5 aromatic carbocycles. The molecule has 4 unspecified atom stereocenters. The van der Waals surface area contributed by atoms with E-state index in [0.717, 1.165) is 0 Å². The summed E-state index contributed by atoms with van der Waals surface area (Å²) in [6, 6.07) is 21.8. The highest BCUT2D eigenvalue weighted by molar-refractivity contribution is 6.04. The molecule has 14 N–H and O–H groups in total. The second-order valence-electron chi connectivity index (χ2n) is 22.2. The van der Waals surface area contributed by atoms with Gasteiger partial charge in [-0.2, -0.15) is 0 Å². The van der Waals surface area contributed by atoms with Crippen molar-refractivity contribution >= 4 is 82.6 Å². The second-order valence-corrected chi connectivity index (χ2v) is 22.2. The standard InChI is InChI=1S/C64H69N9O18/c1-33(2)55(73-59(84)44(23-27-54(79)80)69-57(82)37-18-20-40-39(30-37)63(89)91-64(40)41-16-10-11-17-49(41)90-50-31-38(65)19-21-42(50)64)61(86)71-46(32-51(66)75)60(85)70-45(28-35-12-6-4-7-13-35)48(74)24-25-52(76)67-34(3)56(81)68-43(22-26-53(77)78)58(83)72-47(62(87)88)29-36-14-8-5-9-15-36/h4-21,30-31,33-34,43-47,55H,22-29,32,65H2,1-3H3,(H2,66,75)(H,67,76)(H,68,81)(H,69,82)(H,70,85)(H,71,86)(H,72,83)(H,73,84)(H,77,78)(H,79,80)(H,87,88)/t34-,43?,44-,45-,46?,47-,55?,64?/m0/s1. The van der Waals surface area contributed by atoms with Crippen molar-refractivity contribution in [1.82, 2.24) is 37.2 Å². The highest BCUT2D eigenvalue weighted by atomic mass is 16.6. The number of hydrogen-bond donors (Lipinski definition) is 12. The van der Waals surface area contributed by atoms with Gasteiger partial charge in [-0.15, -0.1) is 0 Å². The molecule has 2 heterocycles. The van der Waals surface area contributed by atoms with Crippen LogP contribution in [0.2, 0.25) is 0 Å². The first-order chi connectivity index (χ1) is 43.2. The van der Waals surface area contributed by atoms with E-state index in [0.29, 0.717) is 45.0 Å². The number of anilines is 1. The number of Topliss-reactive ketones (excluding diaryl/α,β-unsaturated/α-hetero) is 1. The van der Waals surface area contributed by atoms with E-state index in [9.17, 15) is 77.6 Å². The molecule has 0 saturated heterocycles. The molecule has 8 amide bonds. The van der Waals surface area contributed by atoms with Gasteiger partial charge in [0.1, 0.15) is 47.8 Å². The number of carboxylic acid groups (broad SMARTS) is 3. The predicted molar refractivity (Wildman–Crippen MR) is 322 cm³/mol. The van der Waals surface area contributed by atoms with Gasteiger partial charge in [0.05, 0.1) is 18.0 Å². The first-order valence-corrected chi connectivity index (χ1v) is 29.0. The van der Waals surface area contributed by atoms with E-state index in [2.05, 4.69) is 37.2 Å². The number of amides is 8. The molecule has 7 rings (SSSR count). The van der Waals surface area contributed by atoms with Crippen LogP contribution in [0.1, 0.15) is 114 Å². The zero-order chi connectivity index (χ0) is 66.3. The van der Waals surface area contributed by atoms with Crippen LogP contribution in [-0.2, 0) is 75.9 Å². The van der Waals surface area contributed by atoms with Gasteiger partial charge < -0.3 is 73.5 Å². The normalized spacial score (nSPS) is 15.7. The maximum absolute atomic E-state index is 14.2. The number of nitrogen functional groups attached to an aromatic ring is 1. The van der Waals surface area contributed by atoms with Crippen LogP contribution in [0.4, 0.5) is 5.69 Å². The van der Waals surface area contributed by atoms with E-state index in [1.54, 1.807) is 103 Å². The molecular weight excluding hydrogens is 1180 g/mol. The zero-order valence-corrected chi connectivity index (χ0v) is 49.6. The molecular formula is C64H69N9O18. The van der Waals surface area contributed by atoms with Crippen LogP contribution in [0.25, 0.3) is 0 Å². The van der Waals surface area contributed by atoms with Crippen LogP contribution < -0.4 is 53.4 Å². The number of esters is 1. The van der Waals surface area contributed by atoms with Gasteiger partial charge in [0.2, 0.25) is 41.4 Å². The Morgan fingerprint density at radius 2 is 1.04 bits per heavy atom. The summed E-state index contributed by atoms with van der Waals surface area (Å²) in [5.41, 5.74) is 12.8. The number of nitrogens with two attached hydrogens (primary N) is 2. The summed E-state index contributed by atoms with van der Waals surface area (Å²) in [5.74, 6) is -13.6. The molecule has 91 heavy (non-hydrogen) atoms. The third-order valence-electron chi connectivity index (χ3n) is 15.1. The third-order valence-corrected chi connectivity index (χ3v) is 15.1. The van der Waals surface area contributed by atoms with Gasteiger partial charge in [-0.25, -0.2) is 9.59 Å². The van der Waals surface area contributed by atoms with Crippen molar-refractivity contribution < 1.29 is 87.1 Å². The topological polar surface area (TPSA) is 437 Å². The largest absolute Gasteiger partial charge is 0.481 e. The number of primary amides is 1. The summed E-state index contributed by atoms with van der Waals surface area (Å²) in [7, 11) is 0. The van der Waals surface area contributed by atoms with Crippen LogP contribution in [0, 0.1) is 5.92 Å². The van der Waals surface area contributed by atoms with Gasteiger partial charge in [0.15, 0.2) is 11.4 Å². The Morgan fingerprint density at radius 3 is 1.65 bits per heavy atom. The Labute approximate surface area is 520 Å².